The fourth-order valence-corrected chi connectivity index (χ4v) is 2.51. The van der Waals surface area contributed by atoms with E-state index in [4.69, 9.17) is 4.74 Å². The van der Waals surface area contributed by atoms with E-state index in [9.17, 15) is 9.90 Å². The highest BCUT2D eigenvalue weighted by molar-refractivity contribution is 5.89. The number of hydrogen-bond acceptors (Lipinski definition) is 4. The van der Waals surface area contributed by atoms with Crippen LogP contribution in [0.15, 0.2) is 24.3 Å². The van der Waals surface area contributed by atoms with Gasteiger partial charge in [-0.15, -0.1) is 0 Å². The molecule has 0 aliphatic heterocycles. The number of phenolic OH excluding ortho intramolecular Hbond substituents is 1. The van der Waals surface area contributed by atoms with Crippen LogP contribution in [0.3, 0.4) is 0 Å². The SMILES string of the molecule is CC(C)CN(CC(C)C)CC(C)OC(=O)c1ccc(O)cc1. The molecule has 0 spiro atoms. The molecule has 22 heavy (non-hydrogen) atoms. The van der Waals surface area contributed by atoms with Gasteiger partial charge < -0.3 is 9.84 Å². The molecule has 0 radical (unpaired) electrons. The Labute approximate surface area is 134 Å². The molecule has 0 heterocycles. The molecule has 0 aromatic heterocycles. The van der Waals surface area contributed by atoms with E-state index in [2.05, 4.69) is 32.6 Å². The van der Waals surface area contributed by atoms with Crippen molar-refractivity contribution in [3.63, 3.8) is 0 Å². The molecule has 1 aromatic rings. The van der Waals surface area contributed by atoms with E-state index in [1.54, 1.807) is 12.1 Å². The van der Waals surface area contributed by atoms with Crippen LogP contribution in [-0.4, -0.2) is 41.7 Å². The highest BCUT2D eigenvalue weighted by Gasteiger charge is 2.17. The van der Waals surface area contributed by atoms with E-state index in [0.29, 0.717) is 17.4 Å². The molecule has 124 valence electrons. The molecule has 0 aliphatic rings. The molecule has 0 saturated heterocycles. The lowest BCUT2D eigenvalue weighted by Crippen LogP contribution is -2.38. The molecular weight excluding hydrogens is 278 g/mol. The van der Waals surface area contributed by atoms with Gasteiger partial charge >= 0.3 is 5.97 Å². The quantitative estimate of drug-likeness (QED) is 0.746. The van der Waals surface area contributed by atoms with Gasteiger partial charge in [0, 0.05) is 19.6 Å². The number of hydrogen-bond donors (Lipinski definition) is 1. The molecule has 1 unspecified atom stereocenters. The van der Waals surface area contributed by atoms with Crippen LogP contribution in [0.25, 0.3) is 0 Å². The number of phenols is 1. The highest BCUT2D eigenvalue weighted by Crippen LogP contribution is 2.12. The summed E-state index contributed by atoms with van der Waals surface area (Å²) < 4.78 is 5.51. The van der Waals surface area contributed by atoms with Gasteiger partial charge in [-0.05, 0) is 43.0 Å². The van der Waals surface area contributed by atoms with Crippen molar-refractivity contribution in [3.05, 3.63) is 29.8 Å². The number of carbonyl (C=O) groups is 1. The maximum absolute atomic E-state index is 12.1. The number of ether oxygens (including phenoxy) is 1. The van der Waals surface area contributed by atoms with Crippen molar-refractivity contribution in [2.24, 2.45) is 11.8 Å². The summed E-state index contributed by atoms with van der Waals surface area (Å²) >= 11 is 0. The van der Waals surface area contributed by atoms with Crippen molar-refractivity contribution < 1.29 is 14.6 Å². The maximum Gasteiger partial charge on any atom is 0.338 e. The Hall–Kier alpha value is -1.55. The fourth-order valence-electron chi connectivity index (χ4n) is 2.51. The van der Waals surface area contributed by atoms with Crippen molar-refractivity contribution in [2.75, 3.05) is 19.6 Å². The first-order chi connectivity index (χ1) is 10.3. The maximum atomic E-state index is 12.1. The molecule has 0 amide bonds. The third-order valence-electron chi connectivity index (χ3n) is 3.17. The molecule has 4 nitrogen and oxygen atoms in total. The van der Waals surface area contributed by atoms with Gasteiger partial charge in [-0.1, -0.05) is 27.7 Å². The van der Waals surface area contributed by atoms with Gasteiger partial charge in [0.1, 0.15) is 11.9 Å². The first-order valence-electron chi connectivity index (χ1n) is 8.00. The third kappa shape index (κ3) is 6.94. The highest BCUT2D eigenvalue weighted by atomic mass is 16.5. The van der Waals surface area contributed by atoms with Crippen LogP contribution in [0.5, 0.6) is 5.75 Å². The Kier molecular flexibility index (Phi) is 7.39. The predicted molar refractivity (Wildman–Crippen MR) is 89.1 cm³/mol. The first kappa shape index (κ1) is 18.5. The molecule has 0 fully saturated rings. The van der Waals surface area contributed by atoms with Gasteiger partial charge in [0.2, 0.25) is 0 Å². The zero-order chi connectivity index (χ0) is 16.7. The fraction of sp³-hybridized carbons (Fsp3) is 0.611. The largest absolute Gasteiger partial charge is 0.508 e. The minimum Gasteiger partial charge on any atom is -0.508 e. The summed E-state index contributed by atoms with van der Waals surface area (Å²) in [7, 11) is 0. The predicted octanol–water partition coefficient (Wildman–Crippen LogP) is 3.55. The topological polar surface area (TPSA) is 49.8 Å². The number of aromatic hydroxyl groups is 1. The number of carbonyl (C=O) groups excluding carboxylic acids is 1. The van der Waals surface area contributed by atoms with Crippen LogP contribution in [0.4, 0.5) is 0 Å². The molecule has 1 atom stereocenters. The van der Waals surface area contributed by atoms with Crippen molar-refractivity contribution >= 4 is 5.97 Å². The van der Waals surface area contributed by atoms with E-state index in [1.807, 2.05) is 6.92 Å². The zero-order valence-corrected chi connectivity index (χ0v) is 14.4. The van der Waals surface area contributed by atoms with Gasteiger partial charge in [0.15, 0.2) is 0 Å². The average Bonchev–Trinajstić information content (AvgIpc) is 2.37. The summed E-state index contributed by atoms with van der Waals surface area (Å²) in [5, 5.41) is 9.25. The second kappa shape index (κ2) is 8.79. The molecule has 1 aromatic carbocycles. The van der Waals surface area contributed by atoms with E-state index in [-0.39, 0.29) is 17.8 Å². The van der Waals surface area contributed by atoms with Gasteiger partial charge in [-0.2, -0.15) is 0 Å². The molecule has 1 rings (SSSR count). The molecule has 4 heteroatoms. The van der Waals surface area contributed by atoms with Crippen molar-refractivity contribution in [1.82, 2.24) is 4.90 Å². The van der Waals surface area contributed by atoms with Crippen molar-refractivity contribution in [3.8, 4) is 5.75 Å². The van der Waals surface area contributed by atoms with Gasteiger partial charge in [-0.3, -0.25) is 4.90 Å². The molecule has 0 saturated carbocycles. The monoisotopic (exact) mass is 307 g/mol. The summed E-state index contributed by atoms with van der Waals surface area (Å²) in [6.07, 6.45) is -0.168. The van der Waals surface area contributed by atoms with Crippen LogP contribution < -0.4 is 0 Å². The van der Waals surface area contributed by atoms with Crippen molar-refractivity contribution in [1.29, 1.82) is 0 Å². The third-order valence-corrected chi connectivity index (χ3v) is 3.17. The summed E-state index contributed by atoms with van der Waals surface area (Å²) in [5.74, 6) is 0.962. The lowest BCUT2D eigenvalue weighted by Gasteiger charge is -2.28. The number of rotatable bonds is 8. The minimum absolute atomic E-state index is 0.143. The lowest BCUT2D eigenvalue weighted by atomic mass is 10.1. The summed E-state index contributed by atoms with van der Waals surface area (Å²) in [6, 6.07) is 6.13. The van der Waals surface area contributed by atoms with Crippen LogP contribution in [0.2, 0.25) is 0 Å². The van der Waals surface area contributed by atoms with E-state index < -0.39 is 0 Å². The second-order valence-corrected chi connectivity index (χ2v) is 6.77. The molecule has 1 N–H and O–H groups in total. The van der Waals surface area contributed by atoms with Gasteiger partial charge in [-0.25, -0.2) is 4.79 Å². The Morgan fingerprint density at radius 2 is 1.50 bits per heavy atom. The van der Waals surface area contributed by atoms with Gasteiger partial charge in [0.05, 0.1) is 5.56 Å². The number of benzene rings is 1. The van der Waals surface area contributed by atoms with Crippen molar-refractivity contribution in [2.45, 2.75) is 40.7 Å². The van der Waals surface area contributed by atoms with E-state index in [1.165, 1.54) is 12.1 Å². The number of nitrogens with zero attached hydrogens (tertiary/aromatic N) is 1. The second-order valence-electron chi connectivity index (χ2n) is 6.77. The minimum atomic E-state index is -0.346. The normalized spacial score (nSPS) is 12.9. The van der Waals surface area contributed by atoms with Crippen LogP contribution in [0.1, 0.15) is 45.0 Å². The Bertz CT molecular complexity index is 444. The molecular formula is C18H29NO3. The van der Waals surface area contributed by atoms with Crippen LogP contribution in [-0.2, 0) is 4.74 Å². The van der Waals surface area contributed by atoms with Crippen LogP contribution >= 0.6 is 0 Å². The Balaban J connectivity index is 2.56. The zero-order valence-electron chi connectivity index (χ0n) is 14.4. The van der Waals surface area contributed by atoms with Gasteiger partial charge in [0.25, 0.3) is 0 Å². The standard InChI is InChI=1S/C18H29NO3/c1-13(2)10-19(11-14(3)4)12-15(5)22-18(21)16-6-8-17(20)9-7-16/h6-9,13-15,20H,10-12H2,1-5H3. The summed E-state index contributed by atoms with van der Waals surface area (Å²) in [5.41, 5.74) is 0.462. The first-order valence-corrected chi connectivity index (χ1v) is 8.00. The molecule has 0 aliphatic carbocycles. The molecule has 0 bridgehead atoms. The lowest BCUT2D eigenvalue weighted by molar-refractivity contribution is 0.0232. The summed E-state index contributed by atoms with van der Waals surface area (Å²) in [6.45, 7) is 13.4. The van der Waals surface area contributed by atoms with Crippen LogP contribution in [0, 0.1) is 11.8 Å². The summed E-state index contributed by atoms with van der Waals surface area (Å²) in [4.78, 5) is 14.4. The van der Waals surface area contributed by atoms with E-state index in [0.717, 1.165) is 19.6 Å². The smallest absolute Gasteiger partial charge is 0.338 e. The number of esters is 1. The Morgan fingerprint density at radius 1 is 1.00 bits per heavy atom. The van der Waals surface area contributed by atoms with E-state index >= 15 is 0 Å². The Morgan fingerprint density at radius 3 is 1.95 bits per heavy atom. The average molecular weight is 307 g/mol.